The van der Waals surface area contributed by atoms with E-state index in [0.717, 1.165) is 31.4 Å². The highest BCUT2D eigenvalue weighted by atomic mass is 28.3. The summed E-state index contributed by atoms with van der Waals surface area (Å²) in [4.78, 5) is 0. The molecular formula is C13H16F6O2Si. The SMILES string of the molecule is COC(c1ccc(OC(F)(F)F)cc1)(C(F)(F)F)[Si](C)(C)C. The number of benzene rings is 1. The zero-order chi connectivity index (χ0) is 17.4. The quantitative estimate of drug-likeness (QED) is 0.572. The lowest BCUT2D eigenvalue weighted by molar-refractivity contribution is -0.274. The second kappa shape index (κ2) is 5.77. The molecule has 0 fully saturated rings. The monoisotopic (exact) mass is 346 g/mol. The molecule has 0 aliphatic rings. The van der Waals surface area contributed by atoms with Crippen LogP contribution in [0.3, 0.4) is 0 Å². The van der Waals surface area contributed by atoms with E-state index in [1.54, 1.807) is 0 Å². The summed E-state index contributed by atoms with van der Waals surface area (Å²) >= 11 is 0. The van der Waals surface area contributed by atoms with Crippen molar-refractivity contribution in [1.29, 1.82) is 0 Å². The Labute approximate surface area is 125 Å². The number of rotatable bonds is 4. The third kappa shape index (κ3) is 3.57. The highest BCUT2D eigenvalue weighted by Crippen LogP contribution is 2.48. The molecule has 0 aliphatic heterocycles. The van der Waals surface area contributed by atoms with Gasteiger partial charge in [0.25, 0.3) is 0 Å². The first-order valence-electron chi connectivity index (χ1n) is 6.23. The van der Waals surface area contributed by atoms with Crippen molar-refractivity contribution >= 4 is 8.07 Å². The molecule has 0 amide bonds. The molecule has 9 heteroatoms. The van der Waals surface area contributed by atoms with Crippen molar-refractivity contribution < 1.29 is 35.8 Å². The van der Waals surface area contributed by atoms with Crippen LogP contribution in [-0.2, 0) is 9.96 Å². The molecule has 1 aromatic carbocycles. The van der Waals surface area contributed by atoms with Crippen molar-refractivity contribution in [3.63, 3.8) is 0 Å². The molecule has 1 rings (SSSR count). The Kier molecular flexibility index (Phi) is 4.93. The molecule has 0 heterocycles. The third-order valence-electron chi connectivity index (χ3n) is 3.26. The van der Waals surface area contributed by atoms with E-state index in [1.165, 1.54) is 19.6 Å². The molecule has 22 heavy (non-hydrogen) atoms. The Hall–Kier alpha value is -1.22. The van der Waals surface area contributed by atoms with Crippen molar-refractivity contribution in [2.24, 2.45) is 0 Å². The fraction of sp³-hybridized carbons (Fsp3) is 0.538. The van der Waals surface area contributed by atoms with Gasteiger partial charge in [0.15, 0.2) is 5.22 Å². The van der Waals surface area contributed by atoms with Gasteiger partial charge in [-0.1, -0.05) is 31.8 Å². The predicted octanol–water partition coefficient (Wildman–Crippen LogP) is 4.87. The molecule has 1 unspecified atom stereocenters. The van der Waals surface area contributed by atoms with Gasteiger partial charge in [-0.2, -0.15) is 13.2 Å². The molecule has 0 spiro atoms. The Morgan fingerprint density at radius 1 is 0.864 bits per heavy atom. The van der Waals surface area contributed by atoms with Gasteiger partial charge in [0.1, 0.15) is 13.8 Å². The van der Waals surface area contributed by atoms with Crippen molar-refractivity contribution in [3.05, 3.63) is 29.8 Å². The van der Waals surface area contributed by atoms with E-state index >= 15 is 0 Å². The lowest BCUT2D eigenvalue weighted by atomic mass is 10.1. The van der Waals surface area contributed by atoms with Gasteiger partial charge in [-0.25, -0.2) is 0 Å². The van der Waals surface area contributed by atoms with Crippen molar-refractivity contribution in [3.8, 4) is 5.75 Å². The van der Waals surface area contributed by atoms with Gasteiger partial charge in [0.05, 0.1) is 0 Å². The van der Waals surface area contributed by atoms with Gasteiger partial charge in [-0.3, -0.25) is 0 Å². The smallest absolute Gasteiger partial charge is 0.406 e. The maximum absolute atomic E-state index is 13.6. The maximum atomic E-state index is 13.6. The van der Waals surface area contributed by atoms with Crippen LogP contribution in [0.2, 0.25) is 19.6 Å². The largest absolute Gasteiger partial charge is 0.573 e. The molecule has 0 radical (unpaired) electrons. The van der Waals surface area contributed by atoms with Crippen LogP contribution >= 0.6 is 0 Å². The van der Waals surface area contributed by atoms with Crippen LogP contribution in [0.4, 0.5) is 26.3 Å². The molecule has 0 aromatic heterocycles. The van der Waals surface area contributed by atoms with Crippen molar-refractivity contribution in [2.45, 2.75) is 37.4 Å². The zero-order valence-corrected chi connectivity index (χ0v) is 13.4. The van der Waals surface area contributed by atoms with Crippen LogP contribution in [0, 0.1) is 0 Å². The van der Waals surface area contributed by atoms with Crippen LogP contribution in [-0.4, -0.2) is 27.7 Å². The minimum absolute atomic E-state index is 0.240. The number of hydrogen-bond acceptors (Lipinski definition) is 2. The molecule has 0 bridgehead atoms. The molecule has 0 saturated heterocycles. The minimum Gasteiger partial charge on any atom is -0.406 e. The number of ether oxygens (including phenoxy) is 2. The van der Waals surface area contributed by atoms with Crippen LogP contribution < -0.4 is 4.74 Å². The van der Waals surface area contributed by atoms with Gasteiger partial charge >= 0.3 is 12.5 Å². The topological polar surface area (TPSA) is 18.5 Å². The average Bonchev–Trinajstić information content (AvgIpc) is 2.27. The lowest BCUT2D eigenvalue weighted by Crippen LogP contribution is -2.60. The van der Waals surface area contributed by atoms with Crippen LogP contribution in [0.1, 0.15) is 5.56 Å². The van der Waals surface area contributed by atoms with E-state index in [0.29, 0.717) is 0 Å². The summed E-state index contributed by atoms with van der Waals surface area (Å²) in [6.07, 6.45) is -9.60. The summed E-state index contributed by atoms with van der Waals surface area (Å²) in [6, 6.07) is 3.61. The summed E-state index contributed by atoms with van der Waals surface area (Å²) in [7, 11) is -2.04. The fourth-order valence-electron chi connectivity index (χ4n) is 2.45. The number of methoxy groups -OCH3 is 1. The maximum Gasteiger partial charge on any atom is 0.573 e. The summed E-state index contributed by atoms with van der Waals surface area (Å²) in [5.41, 5.74) is -0.240. The van der Waals surface area contributed by atoms with Gasteiger partial charge in [-0.15, -0.1) is 13.2 Å². The molecule has 1 aromatic rings. The Bertz CT molecular complexity index is 487. The Morgan fingerprint density at radius 2 is 1.32 bits per heavy atom. The van der Waals surface area contributed by atoms with Gasteiger partial charge in [-0.05, 0) is 17.7 Å². The predicted molar refractivity (Wildman–Crippen MR) is 71.2 cm³/mol. The zero-order valence-electron chi connectivity index (χ0n) is 12.4. The van der Waals surface area contributed by atoms with Crippen LogP contribution in [0.25, 0.3) is 0 Å². The van der Waals surface area contributed by atoms with Crippen LogP contribution in [0.5, 0.6) is 5.75 Å². The second-order valence-electron chi connectivity index (χ2n) is 5.71. The first-order valence-corrected chi connectivity index (χ1v) is 9.73. The van der Waals surface area contributed by atoms with E-state index in [4.69, 9.17) is 4.74 Å². The first kappa shape index (κ1) is 18.8. The number of halogens is 6. The molecule has 0 saturated carbocycles. The molecule has 2 nitrogen and oxygen atoms in total. The summed E-state index contributed by atoms with van der Waals surface area (Å²) in [5, 5.41) is -2.52. The van der Waals surface area contributed by atoms with E-state index in [9.17, 15) is 26.3 Å². The summed E-state index contributed by atoms with van der Waals surface area (Å²) < 4.78 is 85.7. The first-order chi connectivity index (χ1) is 9.74. The lowest BCUT2D eigenvalue weighted by Gasteiger charge is -2.43. The molecule has 1 atom stereocenters. The molecular weight excluding hydrogens is 330 g/mol. The van der Waals surface area contributed by atoms with Crippen LogP contribution in [0.15, 0.2) is 24.3 Å². The molecule has 126 valence electrons. The minimum atomic E-state index is -4.90. The highest BCUT2D eigenvalue weighted by Gasteiger charge is 2.64. The Balaban J connectivity index is 3.34. The van der Waals surface area contributed by atoms with E-state index < -0.39 is 31.6 Å². The van der Waals surface area contributed by atoms with Gasteiger partial charge in [0.2, 0.25) is 0 Å². The summed E-state index contributed by atoms with van der Waals surface area (Å²) in [6.45, 7) is 4.43. The van der Waals surface area contributed by atoms with Crippen molar-refractivity contribution in [1.82, 2.24) is 0 Å². The standard InChI is InChI=1S/C13H16F6O2Si/c1-20-11(12(14,15)16,22(2,3)4)9-5-7-10(8-6-9)21-13(17,18)19/h5-8H,1-4H3. The van der Waals surface area contributed by atoms with E-state index in [2.05, 4.69) is 4.74 Å². The van der Waals surface area contributed by atoms with E-state index in [-0.39, 0.29) is 5.56 Å². The molecule has 0 aliphatic carbocycles. The Morgan fingerprint density at radius 3 is 1.59 bits per heavy atom. The van der Waals surface area contributed by atoms with Crippen molar-refractivity contribution in [2.75, 3.05) is 7.11 Å². The van der Waals surface area contributed by atoms with E-state index in [1.807, 2.05) is 0 Å². The fourth-order valence-corrected chi connectivity index (χ4v) is 4.95. The number of alkyl halides is 6. The third-order valence-corrected chi connectivity index (χ3v) is 6.14. The highest BCUT2D eigenvalue weighted by molar-refractivity contribution is 6.78. The van der Waals surface area contributed by atoms with Gasteiger partial charge < -0.3 is 9.47 Å². The van der Waals surface area contributed by atoms with Gasteiger partial charge in [0, 0.05) is 7.11 Å². The molecule has 0 N–H and O–H groups in total. The second-order valence-corrected chi connectivity index (χ2v) is 10.9. The average molecular weight is 346 g/mol. The summed E-state index contributed by atoms with van der Waals surface area (Å²) in [5.74, 6) is -0.584. The number of hydrogen-bond donors (Lipinski definition) is 0. The normalized spacial score (nSPS) is 16.3.